The van der Waals surface area contributed by atoms with Crippen molar-refractivity contribution in [3.8, 4) is 5.75 Å². The van der Waals surface area contributed by atoms with E-state index in [4.69, 9.17) is 9.26 Å². The maximum atomic E-state index is 12.5. The highest BCUT2D eigenvalue weighted by molar-refractivity contribution is 8.01. The molecule has 1 aromatic heterocycles. The molecule has 0 radical (unpaired) electrons. The van der Waals surface area contributed by atoms with Crippen molar-refractivity contribution in [2.75, 3.05) is 37.8 Å². The van der Waals surface area contributed by atoms with Crippen LogP contribution in [0.5, 0.6) is 5.75 Å². The summed E-state index contributed by atoms with van der Waals surface area (Å²) in [6.45, 7) is 6.12. The van der Waals surface area contributed by atoms with Crippen LogP contribution in [0.1, 0.15) is 43.6 Å². The molecular formula is C23H32N4O4S. The number of hydrogen-bond acceptors (Lipinski definition) is 7. The number of benzene rings is 1. The van der Waals surface area contributed by atoms with Gasteiger partial charge in [-0.15, -0.1) is 11.8 Å². The number of methoxy groups -OCH3 is 1. The summed E-state index contributed by atoms with van der Waals surface area (Å²) in [6, 6.07) is 9.82. The van der Waals surface area contributed by atoms with Crippen LogP contribution in [0.3, 0.4) is 0 Å². The Hall–Kier alpha value is -2.52. The number of likely N-dealkylation sites (tertiary alicyclic amines) is 1. The van der Waals surface area contributed by atoms with E-state index in [1.54, 1.807) is 27.0 Å². The number of hydrogen-bond donors (Lipinski definition) is 2. The minimum absolute atomic E-state index is 0.0811. The largest absolute Gasteiger partial charge is 0.497 e. The summed E-state index contributed by atoms with van der Waals surface area (Å²) in [5, 5.41) is 9.13. The summed E-state index contributed by atoms with van der Waals surface area (Å²) in [4.78, 5) is 27.2. The van der Waals surface area contributed by atoms with E-state index in [1.807, 2.05) is 12.1 Å². The Morgan fingerprint density at radius 2 is 1.94 bits per heavy atom. The predicted octanol–water partition coefficient (Wildman–Crippen LogP) is 3.40. The summed E-state index contributed by atoms with van der Waals surface area (Å²) in [5.74, 6) is 1.75. The van der Waals surface area contributed by atoms with Crippen molar-refractivity contribution in [3.05, 3.63) is 41.7 Å². The molecule has 2 amide bonds. The molecule has 0 saturated carbocycles. The Morgan fingerprint density at radius 1 is 1.22 bits per heavy atom. The Kier molecular flexibility index (Phi) is 8.99. The van der Waals surface area contributed by atoms with Gasteiger partial charge in [-0.3, -0.25) is 14.5 Å². The average Bonchev–Trinajstić information content (AvgIpc) is 3.23. The van der Waals surface area contributed by atoms with Crippen LogP contribution in [0.4, 0.5) is 5.82 Å². The van der Waals surface area contributed by atoms with Gasteiger partial charge in [0, 0.05) is 12.6 Å². The topological polar surface area (TPSA) is 96.7 Å². The lowest BCUT2D eigenvalue weighted by Crippen LogP contribution is -2.41. The van der Waals surface area contributed by atoms with Crippen LogP contribution in [0.2, 0.25) is 0 Å². The van der Waals surface area contributed by atoms with Crippen molar-refractivity contribution in [2.45, 2.75) is 44.4 Å². The van der Waals surface area contributed by atoms with E-state index in [-0.39, 0.29) is 23.6 Å². The smallest absolute Gasteiger partial charge is 0.238 e. The average molecular weight is 461 g/mol. The molecular weight excluding hydrogens is 428 g/mol. The highest BCUT2D eigenvalue weighted by atomic mass is 32.2. The van der Waals surface area contributed by atoms with Gasteiger partial charge in [-0.1, -0.05) is 23.7 Å². The molecule has 2 atom stereocenters. The first-order valence-corrected chi connectivity index (χ1v) is 12.0. The third kappa shape index (κ3) is 7.00. The van der Waals surface area contributed by atoms with Gasteiger partial charge in [0.2, 0.25) is 11.8 Å². The van der Waals surface area contributed by atoms with Gasteiger partial charge in [-0.2, -0.15) is 0 Å². The number of carbonyl (C=O) groups is 2. The van der Waals surface area contributed by atoms with Crippen LogP contribution >= 0.6 is 11.8 Å². The van der Waals surface area contributed by atoms with Gasteiger partial charge in [0.1, 0.15) is 11.5 Å². The molecule has 1 saturated heterocycles. The number of piperidine rings is 1. The highest BCUT2D eigenvalue weighted by Crippen LogP contribution is 2.26. The van der Waals surface area contributed by atoms with Gasteiger partial charge in [0.05, 0.1) is 24.2 Å². The normalized spacial score (nSPS) is 16.2. The van der Waals surface area contributed by atoms with Crippen molar-refractivity contribution in [2.24, 2.45) is 0 Å². The summed E-state index contributed by atoms with van der Waals surface area (Å²) in [7, 11) is 1.66. The zero-order chi connectivity index (χ0) is 22.9. The number of carbonyl (C=O) groups excluding carboxylic acids is 2. The van der Waals surface area contributed by atoms with Crippen LogP contribution in [-0.2, 0) is 9.59 Å². The van der Waals surface area contributed by atoms with Crippen LogP contribution in [0.15, 0.2) is 34.9 Å². The quantitative estimate of drug-likeness (QED) is 0.561. The number of anilines is 1. The second-order valence-electron chi connectivity index (χ2n) is 7.95. The molecule has 0 aliphatic carbocycles. The van der Waals surface area contributed by atoms with E-state index in [9.17, 15) is 9.59 Å². The number of rotatable bonds is 10. The Balaban J connectivity index is 1.50. The van der Waals surface area contributed by atoms with Gasteiger partial charge >= 0.3 is 0 Å². The molecule has 1 aromatic carbocycles. The van der Waals surface area contributed by atoms with Crippen LogP contribution < -0.4 is 15.4 Å². The highest BCUT2D eigenvalue weighted by Gasteiger charge is 2.23. The van der Waals surface area contributed by atoms with E-state index < -0.39 is 5.25 Å². The van der Waals surface area contributed by atoms with Gasteiger partial charge in [-0.25, -0.2) is 0 Å². The lowest BCUT2D eigenvalue weighted by molar-refractivity contribution is -0.118. The first-order chi connectivity index (χ1) is 15.5. The van der Waals surface area contributed by atoms with Crippen LogP contribution in [0, 0.1) is 6.92 Å². The van der Waals surface area contributed by atoms with Gasteiger partial charge in [0.15, 0.2) is 5.82 Å². The van der Waals surface area contributed by atoms with Crippen molar-refractivity contribution in [3.63, 3.8) is 0 Å². The first kappa shape index (κ1) is 24.1. The van der Waals surface area contributed by atoms with Crippen molar-refractivity contribution in [1.82, 2.24) is 15.4 Å². The monoisotopic (exact) mass is 460 g/mol. The van der Waals surface area contributed by atoms with Crippen LogP contribution in [0.25, 0.3) is 0 Å². The zero-order valence-corrected chi connectivity index (χ0v) is 19.7. The summed E-state index contributed by atoms with van der Waals surface area (Å²) in [5.41, 5.74) is 1.16. The maximum absolute atomic E-state index is 12.5. The number of aromatic nitrogens is 1. The van der Waals surface area contributed by atoms with E-state index in [2.05, 4.69) is 32.8 Å². The van der Waals surface area contributed by atoms with Crippen molar-refractivity contribution >= 4 is 29.4 Å². The lowest BCUT2D eigenvalue weighted by Gasteiger charge is -2.35. The maximum Gasteiger partial charge on any atom is 0.238 e. The molecule has 2 aromatic rings. The fraction of sp³-hybridized carbons (Fsp3) is 0.522. The number of ether oxygens (including phenoxy) is 1. The molecule has 8 nitrogen and oxygen atoms in total. The van der Waals surface area contributed by atoms with Gasteiger partial charge in [-0.05, 0) is 57.5 Å². The third-order valence-electron chi connectivity index (χ3n) is 5.54. The minimum Gasteiger partial charge on any atom is -0.497 e. The first-order valence-electron chi connectivity index (χ1n) is 11.0. The Morgan fingerprint density at radius 3 is 2.56 bits per heavy atom. The van der Waals surface area contributed by atoms with E-state index >= 15 is 0 Å². The summed E-state index contributed by atoms with van der Waals surface area (Å²) < 4.78 is 10.2. The number of amides is 2. The standard InChI is InChI=1S/C23H32N4O4S/c1-16-13-21(26-31-16)25-23(29)17(2)32-15-22(28)24-14-20(27-11-5-4-6-12-27)18-7-9-19(30-3)10-8-18/h7-10,13,17,20H,4-6,11-12,14-15H2,1-3H3,(H,24,28)(H,25,26,29). The summed E-state index contributed by atoms with van der Waals surface area (Å²) >= 11 is 1.29. The van der Waals surface area contributed by atoms with E-state index in [0.717, 1.165) is 24.4 Å². The molecule has 32 heavy (non-hydrogen) atoms. The second-order valence-corrected chi connectivity index (χ2v) is 9.28. The molecule has 0 bridgehead atoms. The molecule has 1 fully saturated rings. The summed E-state index contributed by atoms with van der Waals surface area (Å²) in [6.07, 6.45) is 3.60. The number of thioether (sulfide) groups is 1. The second kappa shape index (κ2) is 11.9. The molecule has 0 spiro atoms. The van der Waals surface area contributed by atoms with Crippen LogP contribution in [-0.4, -0.2) is 59.6 Å². The number of aryl methyl sites for hydroxylation is 1. The molecule has 2 unspecified atom stereocenters. The molecule has 3 rings (SSSR count). The fourth-order valence-electron chi connectivity index (χ4n) is 3.70. The molecule has 2 N–H and O–H groups in total. The zero-order valence-electron chi connectivity index (χ0n) is 18.9. The number of nitrogens with one attached hydrogen (secondary N) is 2. The predicted molar refractivity (Wildman–Crippen MR) is 126 cm³/mol. The van der Waals surface area contributed by atoms with Gasteiger partial charge in [0.25, 0.3) is 0 Å². The Labute approximate surface area is 193 Å². The molecule has 174 valence electrons. The Bertz CT molecular complexity index is 880. The molecule has 1 aliphatic heterocycles. The van der Waals surface area contributed by atoms with E-state index in [1.165, 1.54) is 31.0 Å². The van der Waals surface area contributed by atoms with Crippen molar-refractivity contribution in [1.29, 1.82) is 0 Å². The molecule has 2 heterocycles. The molecule has 9 heteroatoms. The molecule has 1 aliphatic rings. The third-order valence-corrected chi connectivity index (χ3v) is 6.68. The SMILES string of the molecule is COc1ccc(C(CNC(=O)CSC(C)C(=O)Nc2cc(C)on2)N2CCCCC2)cc1. The minimum atomic E-state index is -0.391. The van der Waals surface area contributed by atoms with Gasteiger partial charge < -0.3 is 19.9 Å². The number of nitrogens with zero attached hydrogens (tertiary/aromatic N) is 2. The van der Waals surface area contributed by atoms with Crippen molar-refractivity contribution < 1.29 is 18.8 Å². The van der Waals surface area contributed by atoms with E-state index in [0.29, 0.717) is 18.1 Å². The lowest BCUT2D eigenvalue weighted by atomic mass is 10.0. The fourth-order valence-corrected chi connectivity index (χ4v) is 4.42.